The topological polar surface area (TPSA) is 97.8 Å². The van der Waals surface area contributed by atoms with Crippen molar-refractivity contribution >= 4 is 11.9 Å². The van der Waals surface area contributed by atoms with Crippen LogP contribution in [0.1, 0.15) is 36.7 Å². The maximum absolute atomic E-state index is 12.4. The summed E-state index contributed by atoms with van der Waals surface area (Å²) in [5.74, 6) is -0.379. The number of carbonyl (C=O) groups is 2. The van der Waals surface area contributed by atoms with Crippen molar-refractivity contribution < 1.29 is 24.2 Å². The predicted octanol–water partition coefficient (Wildman–Crippen LogP) is 2.90. The molecule has 0 fully saturated rings. The molecule has 0 aliphatic carbocycles. The summed E-state index contributed by atoms with van der Waals surface area (Å²) >= 11 is 0. The second-order valence-electron chi connectivity index (χ2n) is 6.62. The lowest BCUT2D eigenvalue weighted by Gasteiger charge is -2.19. The van der Waals surface area contributed by atoms with Crippen molar-refractivity contribution in [2.75, 3.05) is 13.2 Å². The number of hydrogen-bond donors (Lipinski definition) is 2. The van der Waals surface area contributed by atoms with Crippen LogP contribution in [0.15, 0.2) is 42.7 Å². The van der Waals surface area contributed by atoms with Gasteiger partial charge < -0.3 is 19.9 Å². The Morgan fingerprint density at radius 3 is 2.59 bits per heavy atom. The molecular formula is C20H24N2O5. The molecule has 0 unspecified atom stereocenters. The number of carbonyl (C=O) groups excluding carboxylic acids is 1. The summed E-state index contributed by atoms with van der Waals surface area (Å²) < 4.78 is 11.4. The zero-order valence-corrected chi connectivity index (χ0v) is 15.7. The van der Waals surface area contributed by atoms with Gasteiger partial charge in [-0.25, -0.2) is 0 Å². The van der Waals surface area contributed by atoms with Crippen molar-refractivity contribution in [1.82, 2.24) is 10.3 Å². The van der Waals surface area contributed by atoms with Crippen LogP contribution in [0.2, 0.25) is 0 Å². The predicted molar refractivity (Wildman–Crippen MR) is 99.9 cm³/mol. The van der Waals surface area contributed by atoms with E-state index in [9.17, 15) is 9.59 Å². The van der Waals surface area contributed by atoms with Gasteiger partial charge in [-0.05, 0) is 45.0 Å². The highest BCUT2D eigenvalue weighted by atomic mass is 16.5. The van der Waals surface area contributed by atoms with Gasteiger partial charge in [0.2, 0.25) is 0 Å². The summed E-state index contributed by atoms with van der Waals surface area (Å²) in [6.07, 6.45) is 3.40. The number of carboxylic acids is 1. The Labute approximate surface area is 158 Å². The number of aliphatic carboxylic acids is 1. The molecule has 0 aliphatic heterocycles. The van der Waals surface area contributed by atoms with Gasteiger partial charge in [-0.3, -0.25) is 14.6 Å². The van der Waals surface area contributed by atoms with E-state index < -0.39 is 11.4 Å². The second kappa shape index (κ2) is 9.02. The van der Waals surface area contributed by atoms with E-state index in [0.717, 1.165) is 5.56 Å². The third-order valence-corrected chi connectivity index (χ3v) is 3.89. The molecule has 0 radical (unpaired) electrons. The zero-order valence-electron chi connectivity index (χ0n) is 15.7. The van der Waals surface area contributed by atoms with Gasteiger partial charge in [-0.1, -0.05) is 6.07 Å². The van der Waals surface area contributed by atoms with E-state index in [4.69, 9.17) is 14.6 Å². The van der Waals surface area contributed by atoms with Crippen molar-refractivity contribution in [3.05, 3.63) is 53.9 Å². The number of nitrogens with one attached hydrogen (secondary N) is 1. The van der Waals surface area contributed by atoms with E-state index in [1.165, 1.54) is 0 Å². The minimum absolute atomic E-state index is 0.0182. The van der Waals surface area contributed by atoms with E-state index in [-0.39, 0.29) is 12.5 Å². The van der Waals surface area contributed by atoms with Crippen LogP contribution in [0.5, 0.6) is 11.5 Å². The molecule has 1 aromatic heterocycles. The van der Waals surface area contributed by atoms with Gasteiger partial charge in [0.25, 0.3) is 5.91 Å². The fraction of sp³-hybridized carbons (Fsp3) is 0.350. The number of carboxylic acid groups (broad SMARTS) is 1. The average molecular weight is 372 g/mol. The van der Waals surface area contributed by atoms with Crippen LogP contribution in [0, 0.1) is 5.41 Å². The second-order valence-corrected chi connectivity index (χ2v) is 6.62. The van der Waals surface area contributed by atoms with E-state index in [2.05, 4.69) is 10.3 Å². The molecule has 1 heterocycles. The summed E-state index contributed by atoms with van der Waals surface area (Å²) in [7, 11) is 0. The first-order valence-corrected chi connectivity index (χ1v) is 8.63. The standard InChI is InChI=1S/C20H24N2O5/c1-4-26-17-10-15(18(23)22-13-20(2,3)19(24)25)7-8-16(17)27-12-14-6-5-9-21-11-14/h5-11H,4,12-13H2,1-3H3,(H,22,23)(H,24,25). The van der Waals surface area contributed by atoms with Gasteiger partial charge in [0, 0.05) is 30.1 Å². The Balaban J connectivity index is 2.09. The number of benzene rings is 1. The molecule has 7 nitrogen and oxygen atoms in total. The van der Waals surface area contributed by atoms with E-state index in [1.54, 1.807) is 44.4 Å². The van der Waals surface area contributed by atoms with Crippen molar-refractivity contribution in [1.29, 1.82) is 0 Å². The first kappa shape index (κ1) is 20.2. The third-order valence-electron chi connectivity index (χ3n) is 3.89. The first-order chi connectivity index (χ1) is 12.8. The molecule has 7 heteroatoms. The average Bonchev–Trinajstić information content (AvgIpc) is 2.66. The van der Waals surface area contributed by atoms with Gasteiger partial charge in [0.15, 0.2) is 11.5 Å². The van der Waals surface area contributed by atoms with Crippen molar-refractivity contribution in [2.24, 2.45) is 5.41 Å². The Morgan fingerprint density at radius 1 is 1.19 bits per heavy atom. The molecule has 0 saturated carbocycles. The monoisotopic (exact) mass is 372 g/mol. The highest BCUT2D eigenvalue weighted by Crippen LogP contribution is 2.29. The fourth-order valence-electron chi connectivity index (χ4n) is 2.16. The van der Waals surface area contributed by atoms with Crippen LogP contribution >= 0.6 is 0 Å². The van der Waals surface area contributed by atoms with Crippen molar-refractivity contribution in [3.8, 4) is 11.5 Å². The third kappa shape index (κ3) is 5.70. The molecule has 0 bridgehead atoms. The van der Waals surface area contributed by atoms with Crippen LogP contribution in [-0.2, 0) is 11.4 Å². The molecular weight excluding hydrogens is 348 g/mol. The molecule has 0 saturated heterocycles. The minimum Gasteiger partial charge on any atom is -0.490 e. The number of aromatic nitrogens is 1. The normalized spacial score (nSPS) is 10.9. The van der Waals surface area contributed by atoms with Gasteiger partial charge in [0.05, 0.1) is 12.0 Å². The molecule has 2 aromatic rings. The van der Waals surface area contributed by atoms with E-state index in [1.807, 2.05) is 19.1 Å². The summed E-state index contributed by atoms with van der Waals surface area (Å²) in [5, 5.41) is 11.8. The Bertz CT molecular complexity index is 790. The molecule has 1 aromatic carbocycles. The van der Waals surface area contributed by atoms with Gasteiger partial charge in [-0.15, -0.1) is 0 Å². The number of amides is 1. The maximum atomic E-state index is 12.4. The SMILES string of the molecule is CCOc1cc(C(=O)NCC(C)(C)C(=O)O)ccc1OCc1cccnc1. The summed E-state index contributed by atoms with van der Waals surface area (Å²) in [4.78, 5) is 27.5. The first-order valence-electron chi connectivity index (χ1n) is 8.63. The van der Waals surface area contributed by atoms with Crippen LogP contribution in [0.3, 0.4) is 0 Å². The number of rotatable bonds is 9. The quantitative estimate of drug-likeness (QED) is 0.702. The molecule has 0 atom stereocenters. The molecule has 0 aliphatic rings. The summed E-state index contributed by atoms with van der Waals surface area (Å²) in [6, 6.07) is 8.60. The lowest BCUT2D eigenvalue weighted by atomic mass is 9.94. The Morgan fingerprint density at radius 2 is 1.96 bits per heavy atom. The van der Waals surface area contributed by atoms with Crippen LogP contribution in [0.4, 0.5) is 0 Å². The Kier molecular flexibility index (Phi) is 6.76. The lowest BCUT2D eigenvalue weighted by molar-refractivity contribution is -0.146. The molecule has 2 rings (SSSR count). The van der Waals surface area contributed by atoms with E-state index in [0.29, 0.717) is 30.3 Å². The number of nitrogens with zero attached hydrogens (tertiary/aromatic N) is 1. The van der Waals surface area contributed by atoms with Crippen molar-refractivity contribution in [2.45, 2.75) is 27.4 Å². The van der Waals surface area contributed by atoms with E-state index >= 15 is 0 Å². The lowest BCUT2D eigenvalue weighted by Crippen LogP contribution is -2.38. The van der Waals surface area contributed by atoms with Crippen LogP contribution < -0.4 is 14.8 Å². The molecule has 1 amide bonds. The van der Waals surface area contributed by atoms with Gasteiger partial charge in [0.1, 0.15) is 6.61 Å². The number of hydrogen-bond acceptors (Lipinski definition) is 5. The Hall–Kier alpha value is -3.09. The zero-order chi connectivity index (χ0) is 19.9. The highest BCUT2D eigenvalue weighted by Gasteiger charge is 2.27. The van der Waals surface area contributed by atoms with Crippen molar-refractivity contribution in [3.63, 3.8) is 0 Å². The molecule has 2 N–H and O–H groups in total. The molecule has 0 spiro atoms. The summed E-state index contributed by atoms with van der Waals surface area (Å²) in [6.45, 7) is 5.71. The largest absolute Gasteiger partial charge is 0.490 e. The van der Waals surface area contributed by atoms with Gasteiger partial charge >= 0.3 is 5.97 Å². The number of ether oxygens (including phenoxy) is 2. The number of pyridine rings is 1. The fourth-order valence-corrected chi connectivity index (χ4v) is 2.16. The van der Waals surface area contributed by atoms with Crippen LogP contribution in [-0.4, -0.2) is 35.1 Å². The maximum Gasteiger partial charge on any atom is 0.310 e. The van der Waals surface area contributed by atoms with Gasteiger partial charge in [-0.2, -0.15) is 0 Å². The molecule has 144 valence electrons. The minimum atomic E-state index is -1.05. The molecule has 27 heavy (non-hydrogen) atoms. The van der Waals surface area contributed by atoms with Crippen LogP contribution in [0.25, 0.3) is 0 Å². The smallest absolute Gasteiger partial charge is 0.310 e. The summed E-state index contributed by atoms with van der Waals surface area (Å²) in [5.41, 5.74) is 0.233. The highest BCUT2D eigenvalue weighted by molar-refractivity contribution is 5.95.